The van der Waals surface area contributed by atoms with Crippen LogP contribution in [-0.4, -0.2) is 45.5 Å². The van der Waals surface area contributed by atoms with Crippen molar-refractivity contribution in [2.75, 3.05) is 6.61 Å². The Morgan fingerprint density at radius 2 is 1.90 bits per heavy atom. The standard InChI is InChI=1S/C28H32F3N5O3/c1-14-10-19(35-16(3)37)7-8-21(14)36-27(38)23-15(2)34-26-24(32-13-33-25(23)26)20-11-18(28(29,30)31)6-9-22(20)39-12-17-4-5-17/h6,9,11,13-14,17,19,21,34H,4-5,7-8,10,12H2,1-3H3,(H,35,37)(H,36,38). The zero-order valence-corrected chi connectivity index (χ0v) is 22.1. The summed E-state index contributed by atoms with van der Waals surface area (Å²) >= 11 is 0. The van der Waals surface area contributed by atoms with Crippen LogP contribution in [0.4, 0.5) is 13.2 Å². The molecule has 0 radical (unpaired) electrons. The minimum Gasteiger partial charge on any atom is -0.493 e. The molecule has 8 nitrogen and oxygen atoms in total. The van der Waals surface area contributed by atoms with Crippen molar-refractivity contribution in [1.82, 2.24) is 25.6 Å². The second-order valence-electron chi connectivity index (χ2n) is 10.8. The van der Waals surface area contributed by atoms with Gasteiger partial charge in [-0.1, -0.05) is 6.92 Å². The summed E-state index contributed by atoms with van der Waals surface area (Å²) in [6.45, 7) is 5.69. The molecule has 39 heavy (non-hydrogen) atoms. The number of carbonyl (C=O) groups excluding carboxylic acids is 2. The second-order valence-corrected chi connectivity index (χ2v) is 10.8. The van der Waals surface area contributed by atoms with Crippen molar-refractivity contribution in [3.8, 4) is 17.0 Å². The number of alkyl halides is 3. The highest BCUT2D eigenvalue weighted by atomic mass is 19.4. The van der Waals surface area contributed by atoms with Gasteiger partial charge in [0.15, 0.2) is 0 Å². The predicted molar refractivity (Wildman–Crippen MR) is 139 cm³/mol. The molecule has 2 aliphatic rings. The number of nitrogens with one attached hydrogen (secondary N) is 3. The van der Waals surface area contributed by atoms with Crippen molar-refractivity contribution < 1.29 is 27.5 Å². The van der Waals surface area contributed by atoms with E-state index in [0.29, 0.717) is 47.0 Å². The van der Waals surface area contributed by atoms with E-state index in [1.165, 1.54) is 19.3 Å². The molecule has 1 aromatic carbocycles. The van der Waals surface area contributed by atoms with Crippen LogP contribution in [0, 0.1) is 18.8 Å². The van der Waals surface area contributed by atoms with Crippen LogP contribution in [0.1, 0.15) is 67.6 Å². The lowest BCUT2D eigenvalue weighted by atomic mass is 9.82. The largest absolute Gasteiger partial charge is 0.493 e. The number of hydrogen-bond donors (Lipinski definition) is 3. The number of H-pyrrole nitrogens is 1. The van der Waals surface area contributed by atoms with Gasteiger partial charge >= 0.3 is 6.18 Å². The molecule has 0 saturated heterocycles. The van der Waals surface area contributed by atoms with Gasteiger partial charge in [0.2, 0.25) is 5.91 Å². The number of nitrogens with zero attached hydrogens (tertiary/aromatic N) is 2. The van der Waals surface area contributed by atoms with Crippen LogP contribution >= 0.6 is 0 Å². The van der Waals surface area contributed by atoms with Gasteiger partial charge < -0.3 is 20.4 Å². The summed E-state index contributed by atoms with van der Waals surface area (Å²) in [5.41, 5.74) is 1.19. The molecule has 2 saturated carbocycles. The summed E-state index contributed by atoms with van der Waals surface area (Å²) in [7, 11) is 0. The third-order valence-corrected chi connectivity index (χ3v) is 7.63. The van der Waals surface area contributed by atoms with E-state index in [9.17, 15) is 22.8 Å². The van der Waals surface area contributed by atoms with Crippen LogP contribution in [0.3, 0.4) is 0 Å². The van der Waals surface area contributed by atoms with E-state index in [-0.39, 0.29) is 41.1 Å². The average molecular weight is 544 g/mol. The third kappa shape index (κ3) is 5.86. The lowest BCUT2D eigenvalue weighted by Gasteiger charge is -2.34. The van der Waals surface area contributed by atoms with Gasteiger partial charge in [-0.2, -0.15) is 13.2 Å². The van der Waals surface area contributed by atoms with Crippen molar-refractivity contribution in [2.24, 2.45) is 11.8 Å². The summed E-state index contributed by atoms with van der Waals surface area (Å²) in [6, 6.07) is 3.37. The van der Waals surface area contributed by atoms with Crippen LogP contribution in [0.2, 0.25) is 0 Å². The van der Waals surface area contributed by atoms with E-state index in [0.717, 1.165) is 37.8 Å². The number of benzene rings is 1. The van der Waals surface area contributed by atoms with Gasteiger partial charge in [-0.05, 0) is 69.1 Å². The van der Waals surface area contributed by atoms with Crippen molar-refractivity contribution in [2.45, 2.75) is 71.1 Å². The highest BCUT2D eigenvalue weighted by Gasteiger charge is 2.33. The normalized spacial score (nSPS) is 21.5. The molecule has 2 aromatic heterocycles. The molecule has 0 spiro atoms. The molecule has 2 fully saturated rings. The Labute approximate surface area is 224 Å². The fourth-order valence-electron chi connectivity index (χ4n) is 5.38. The number of aromatic nitrogens is 3. The van der Waals surface area contributed by atoms with E-state index in [2.05, 4.69) is 25.6 Å². The molecule has 11 heteroatoms. The number of hydrogen-bond acceptors (Lipinski definition) is 5. The first-order valence-corrected chi connectivity index (χ1v) is 13.3. The number of fused-ring (bicyclic) bond motifs is 1. The summed E-state index contributed by atoms with van der Waals surface area (Å²) in [5.74, 6) is 0.475. The number of halogens is 3. The van der Waals surface area contributed by atoms with Crippen molar-refractivity contribution in [3.05, 3.63) is 41.3 Å². The summed E-state index contributed by atoms with van der Waals surface area (Å²) < 4.78 is 46.8. The lowest BCUT2D eigenvalue weighted by Crippen LogP contribution is -2.47. The van der Waals surface area contributed by atoms with Gasteiger partial charge in [0.25, 0.3) is 5.91 Å². The van der Waals surface area contributed by atoms with E-state index in [1.54, 1.807) is 6.92 Å². The van der Waals surface area contributed by atoms with Crippen LogP contribution in [0.5, 0.6) is 5.75 Å². The number of aromatic amines is 1. The molecule has 0 aliphatic heterocycles. The number of ether oxygens (including phenoxy) is 1. The molecule has 2 heterocycles. The highest BCUT2D eigenvalue weighted by molar-refractivity contribution is 6.09. The second kappa shape index (κ2) is 10.5. The average Bonchev–Trinajstić information content (AvgIpc) is 3.63. The number of carbonyl (C=O) groups is 2. The first-order valence-electron chi connectivity index (χ1n) is 13.3. The molecule has 3 unspecified atom stereocenters. The Bertz CT molecular complexity index is 1400. The maximum atomic E-state index is 13.6. The maximum absolute atomic E-state index is 13.6. The van der Waals surface area contributed by atoms with Gasteiger partial charge in [0.05, 0.1) is 23.3 Å². The maximum Gasteiger partial charge on any atom is 0.416 e. The van der Waals surface area contributed by atoms with Crippen LogP contribution in [-0.2, 0) is 11.0 Å². The van der Waals surface area contributed by atoms with E-state index < -0.39 is 11.7 Å². The summed E-state index contributed by atoms with van der Waals surface area (Å²) in [6.07, 6.45) is 1.02. The zero-order chi connectivity index (χ0) is 27.9. The van der Waals surface area contributed by atoms with E-state index in [1.807, 2.05) is 6.92 Å². The number of amides is 2. The number of rotatable bonds is 7. The molecule has 5 rings (SSSR count). The Hall–Kier alpha value is -3.63. The predicted octanol–water partition coefficient (Wildman–Crippen LogP) is 5.16. The lowest BCUT2D eigenvalue weighted by molar-refractivity contribution is -0.137. The quantitative estimate of drug-likeness (QED) is 0.381. The Morgan fingerprint density at radius 3 is 2.56 bits per heavy atom. The van der Waals surface area contributed by atoms with Gasteiger partial charge in [-0.3, -0.25) is 9.59 Å². The Balaban J connectivity index is 1.46. The van der Waals surface area contributed by atoms with Crippen LogP contribution in [0.25, 0.3) is 22.3 Å². The molecule has 3 aromatic rings. The Morgan fingerprint density at radius 1 is 1.13 bits per heavy atom. The smallest absolute Gasteiger partial charge is 0.416 e. The van der Waals surface area contributed by atoms with Crippen LogP contribution < -0.4 is 15.4 Å². The monoisotopic (exact) mass is 543 g/mol. The highest BCUT2D eigenvalue weighted by Crippen LogP contribution is 2.40. The SMILES string of the molecule is CC(=O)NC1CCC(NC(=O)c2c(C)[nH]c3c(-c4cc(C(F)(F)F)ccc4OCC4CC4)ncnc23)C(C)C1. The molecule has 2 amide bonds. The first-order chi connectivity index (χ1) is 18.5. The zero-order valence-electron chi connectivity index (χ0n) is 22.1. The van der Waals surface area contributed by atoms with Gasteiger partial charge in [0, 0.05) is 30.3 Å². The Kier molecular flexibility index (Phi) is 7.26. The molecule has 3 atom stereocenters. The molecular weight excluding hydrogens is 511 g/mol. The van der Waals surface area contributed by atoms with Gasteiger partial charge in [0.1, 0.15) is 23.3 Å². The molecule has 2 aliphatic carbocycles. The molecular formula is C28H32F3N5O3. The molecule has 208 valence electrons. The first kappa shape index (κ1) is 27.0. The summed E-state index contributed by atoms with van der Waals surface area (Å²) in [4.78, 5) is 36.7. The van der Waals surface area contributed by atoms with E-state index in [4.69, 9.17) is 4.74 Å². The van der Waals surface area contributed by atoms with Gasteiger partial charge in [-0.15, -0.1) is 0 Å². The fourth-order valence-corrected chi connectivity index (χ4v) is 5.38. The molecule has 0 bridgehead atoms. The van der Waals surface area contributed by atoms with Crippen LogP contribution in [0.15, 0.2) is 24.5 Å². The van der Waals surface area contributed by atoms with Crippen molar-refractivity contribution >= 4 is 22.8 Å². The fraction of sp³-hybridized carbons (Fsp3) is 0.500. The topological polar surface area (TPSA) is 109 Å². The molecule has 3 N–H and O–H groups in total. The van der Waals surface area contributed by atoms with Crippen molar-refractivity contribution in [1.29, 1.82) is 0 Å². The minimum absolute atomic E-state index is 0.0681. The number of aryl methyl sites for hydroxylation is 1. The minimum atomic E-state index is -4.54. The third-order valence-electron chi connectivity index (χ3n) is 7.63. The van der Waals surface area contributed by atoms with E-state index >= 15 is 0 Å². The van der Waals surface area contributed by atoms with Gasteiger partial charge in [-0.25, -0.2) is 9.97 Å². The summed E-state index contributed by atoms with van der Waals surface area (Å²) in [5, 5.41) is 6.06. The van der Waals surface area contributed by atoms with Crippen molar-refractivity contribution in [3.63, 3.8) is 0 Å².